The van der Waals surface area contributed by atoms with Crippen LogP contribution in [0.2, 0.25) is 0 Å². The van der Waals surface area contributed by atoms with Crippen LogP contribution in [0.5, 0.6) is 0 Å². The third-order valence-electron chi connectivity index (χ3n) is 4.45. The van der Waals surface area contributed by atoms with E-state index in [1.54, 1.807) is 0 Å². The maximum absolute atomic E-state index is 6.03. The van der Waals surface area contributed by atoms with Crippen molar-refractivity contribution >= 4 is 0 Å². The maximum Gasteiger partial charge on any atom is 0.0194 e. The van der Waals surface area contributed by atoms with E-state index in [4.69, 9.17) is 11.5 Å². The van der Waals surface area contributed by atoms with Gasteiger partial charge in [0.05, 0.1) is 0 Å². The van der Waals surface area contributed by atoms with Gasteiger partial charge in [-0.1, -0.05) is 0 Å². The molecule has 4 heteroatoms. The molecule has 0 spiro atoms. The van der Waals surface area contributed by atoms with Gasteiger partial charge in [0, 0.05) is 11.1 Å². The highest BCUT2D eigenvalue weighted by atomic mass is 15.0. The van der Waals surface area contributed by atoms with Gasteiger partial charge >= 0.3 is 0 Å². The van der Waals surface area contributed by atoms with Crippen molar-refractivity contribution < 1.29 is 0 Å². The maximum atomic E-state index is 6.03. The molecule has 106 valence electrons. The van der Waals surface area contributed by atoms with Crippen molar-refractivity contribution in [2.24, 2.45) is 11.5 Å². The number of nitrogens with two attached hydrogens (primary N) is 2. The predicted molar refractivity (Wildman–Crippen MR) is 76.5 cm³/mol. The highest BCUT2D eigenvalue weighted by Gasteiger charge is 2.40. The summed E-state index contributed by atoms with van der Waals surface area (Å²) < 4.78 is 0. The molecule has 0 aromatic rings. The second-order valence-electron chi connectivity index (χ2n) is 6.32. The van der Waals surface area contributed by atoms with Gasteiger partial charge in [0.25, 0.3) is 0 Å². The molecule has 2 aliphatic rings. The van der Waals surface area contributed by atoms with Crippen molar-refractivity contribution in [3.05, 3.63) is 0 Å². The van der Waals surface area contributed by atoms with Crippen LogP contribution in [0.1, 0.15) is 51.4 Å². The van der Waals surface area contributed by atoms with Crippen LogP contribution in [0.4, 0.5) is 0 Å². The minimum absolute atomic E-state index is 0.204. The number of hydrogen-bond donors (Lipinski definition) is 4. The Morgan fingerprint density at radius 1 is 0.889 bits per heavy atom. The molecule has 0 heterocycles. The van der Waals surface area contributed by atoms with Crippen LogP contribution < -0.4 is 22.1 Å². The summed E-state index contributed by atoms with van der Waals surface area (Å²) in [5.74, 6) is 0. The molecule has 0 bridgehead atoms. The second-order valence-corrected chi connectivity index (χ2v) is 6.32. The van der Waals surface area contributed by atoms with Gasteiger partial charge in [-0.2, -0.15) is 0 Å². The Morgan fingerprint density at radius 3 is 2.22 bits per heavy atom. The molecule has 0 radical (unpaired) electrons. The van der Waals surface area contributed by atoms with Crippen LogP contribution in [0.15, 0.2) is 0 Å². The van der Waals surface area contributed by atoms with E-state index in [1.165, 1.54) is 38.5 Å². The van der Waals surface area contributed by atoms with E-state index < -0.39 is 0 Å². The SMILES string of the molecule is NCCC1(NCCCCNCCC2(N)CC2)CC1. The summed E-state index contributed by atoms with van der Waals surface area (Å²) in [7, 11) is 0. The zero-order valence-corrected chi connectivity index (χ0v) is 11.6. The smallest absolute Gasteiger partial charge is 0.0194 e. The fourth-order valence-electron chi connectivity index (χ4n) is 2.54. The Balaban J connectivity index is 1.35. The first kappa shape index (κ1) is 14.3. The van der Waals surface area contributed by atoms with Gasteiger partial charge in [-0.3, -0.25) is 0 Å². The Labute approximate surface area is 111 Å². The minimum atomic E-state index is 0.204. The lowest BCUT2D eigenvalue weighted by atomic mass is 10.1. The van der Waals surface area contributed by atoms with E-state index in [-0.39, 0.29) is 5.54 Å². The molecule has 2 aliphatic carbocycles. The molecule has 18 heavy (non-hydrogen) atoms. The van der Waals surface area contributed by atoms with Gasteiger partial charge in [-0.05, 0) is 77.5 Å². The van der Waals surface area contributed by atoms with Gasteiger partial charge in [0.2, 0.25) is 0 Å². The zero-order valence-electron chi connectivity index (χ0n) is 11.6. The first-order valence-electron chi connectivity index (χ1n) is 7.63. The molecular formula is C14H30N4. The Bertz CT molecular complexity index is 246. The average molecular weight is 254 g/mol. The van der Waals surface area contributed by atoms with Crippen LogP contribution in [-0.2, 0) is 0 Å². The summed E-state index contributed by atoms with van der Waals surface area (Å²) in [6.07, 6.45) is 9.89. The van der Waals surface area contributed by atoms with Crippen molar-refractivity contribution in [1.82, 2.24) is 10.6 Å². The number of unbranched alkanes of at least 4 members (excludes halogenated alkanes) is 1. The third kappa shape index (κ3) is 4.84. The largest absolute Gasteiger partial charge is 0.330 e. The monoisotopic (exact) mass is 254 g/mol. The summed E-state index contributed by atoms with van der Waals surface area (Å²) in [5, 5.41) is 7.16. The van der Waals surface area contributed by atoms with Crippen LogP contribution in [-0.4, -0.2) is 37.3 Å². The molecular weight excluding hydrogens is 224 g/mol. The molecule has 0 aromatic heterocycles. The lowest BCUT2D eigenvalue weighted by Crippen LogP contribution is -2.34. The molecule has 0 aromatic carbocycles. The minimum Gasteiger partial charge on any atom is -0.330 e. The molecule has 0 saturated heterocycles. The normalized spacial score (nSPS) is 23.0. The van der Waals surface area contributed by atoms with Crippen LogP contribution in [0.3, 0.4) is 0 Å². The zero-order chi connectivity index (χ0) is 12.9. The van der Waals surface area contributed by atoms with Crippen LogP contribution in [0, 0.1) is 0 Å². The molecule has 4 nitrogen and oxygen atoms in total. The molecule has 0 unspecified atom stereocenters. The van der Waals surface area contributed by atoms with Gasteiger partial charge in [0.1, 0.15) is 0 Å². The molecule has 0 amide bonds. The Morgan fingerprint density at radius 2 is 1.61 bits per heavy atom. The highest BCUT2D eigenvalue weighted by molar-refractivity contribution is 5.01. The van der Waals surface area contributed by atoms with Gasteiger partial charge in [-0.15, -0.1) is 0 Å². The number of hydrogen-bond acceptors (Lipinski definition) is 4. The molecule has 0 aliphatic heterocycles. The molecule has 2 saturated carbocycles. The standard InChI is InChI=1S/C14H30N4/c15-9-7-14(5-6-14)18-11-2-1-10-17-12-8-13(16)3-4-13/h17-18H,1-12,15-16H2. The summed E-state index contributed by atoms with van der Waals surface area (Å²) in [6.45, 7) is 4.17. The third-order valence-corrected chi connectivity index (χ3v) is 4.45. The summed E-state index contributed by atoms with van der Waals surface area (Å²) in [5.41, 5.74) is 12.3. The number of nitrogens with one attached hydrogen (secondary N) is 2. The fraction of sp³-hybridized carbons (Fsp3) is 1.00. The van der Waals surface area contributed by atoms with Crippen molar-refractivity contribution in [3.8, 4) is 0 Å². The van der Waals surface area contributed by atoms with Gasteiger partial charge in [-0.25, -0.2) is 0 Å². The van der Waals surface area contributed by atoms with Crippen LogP contribution in [0.25, 0.3) is 0 Å². The summed E-state index contributed by atoms with van der Waals surface area (Å²) in [4.78, 5) is 0. The summed E-state index contributed by atoms with van der Waals surface area (Å²) in [6, 6.07) is 0. The van der Waals surface area contributed by atoms with E-state index in [0.29, 0.717) is 5.54 Å². The first-order valence-corrected chi connectivity index (χ1v) is 7.63. The summed E-state index contributed by atoms with van der Waals surface area (Å²) >= 11 is 0. The van der Waals surface area contributed by atoms with E-state index in [0.717, 1.165) is 39.0 Å². The lowest BCUT2D eigenvalue weighted by molar-refractivity contribution is 0.455. The van der Waals surface area contributed by atoms with E-state index in [1.807, 2.05) is 0 Å². The van der Waals surface area contributed by atoms with E-state index in [2.05, 4.69) is 10.6 Å². The lowest BCUT2D eigenvalue weighted by Gasteiger charge is -2.16. The van der Waals surface area contributed by atoms with E-state index >= 15 is 0 Å². The van der Waals surface area contributed by atoms with Crippen molar-refractivity contribution in [2.75, 3.05) is 26.2 Å². The first-order chi connectivity index (χ1) is 8.68. The Kier molecular flexibility index (Phi) is 5.01. The second kappa shape index (κ2) is 6.33. The average Bonchev–Trinajstić information content (AvgIpc) is 3.24. The molecule has 2 rings (SSSR count). The van der Waals surface area contributed by atoms with Gasteiger partial charge < -0.3 is 22.1 Å². The van der Waals surface area contributed by atoms with Crippen molar-refractivity contribution in [1.29, 1.82) is 0 Å². The van der Waals surface area contributed by atoms with Crippen molar-refractivity contribution in [2.45, 2.75) is 62.4 Å². The predicted octanol–water partition coefficient (Wildman–Crippen LogP) is 0.709. The van der Waals surface area contributed by atoms with Crippen molar-refractivity contribution in [3.63, 3.8) is 0 Å². The molecule has 0 atom stereocenters. The highest BCUT2D eigenvalue weighted by Crippen LogP contribution is 2.38. The molecule has 6 N–H and O–H groups in total. The van der Waals surface area contributed by atoms with Crippen LogP contribution >= 0.6 is 0 Å². The quantitative estimate of drug-likeness (QED) is 0.410. The topological polar surface area (TPSA) is 76.1 Å². The fourth-order valence-corrected chi connectivity index (χ4v) is 2.54. The molecule has 2 fully saturated rings. The number of rotatable bonds is 11. The Hall–Kier alpha value is -0.160. The van der Waals surface area contributed by atoms with Gasteiger partial charge in [0.15, 0.2) is 0 Å². The van der Waals surface area contributed by atoms with E-state index in [9.17, 15) is 0 Å².